The third kappa shape index (κ3) is 5.28. The number of aryl methyl sites for hydroxylation is 1. The van der Waals surface area contributed by atoms with Crippen molar-refractivity contribution in [1.82, 2.24) is 24.7 Å². The van der Waals surface area contributed by atoms with Crippen molar-refractivity contribution < 1.29 is 13.2 Å². The molecule has 2 heterocycles. The standard InChI is InChI=1S/C17H29N5O3S/c1-21-13-16(10-18-21)26(24,25)19-11-17(23)20-15-6-8-22(9-7-15)12-14-4-2-3-5-14/h10,13-15,19H,2-9,11-12H2,1H3,(H,20,23). The quantitative estimate of drug-likeness (QED) is 0.713. The topological polar surface area (TPSA) is 96.3 Å². The van der Waals surface area contributed by atoms with Gasteiger partial charge in [-0.25, -0.2) is 13.1 Å². The van der Waals surface area contributed by atoms with E-state index >= 15 is 0 Å². The van der Waals surface area contributed by atoms with Crippen LogP contribution in [0.5, 0.6) is 0 Å². The molecule has 2 N–H and O–H groups in total. The molecule has 0 unspecified atom stereocenters. The molecule has 1 aliphatic heterocycles. The first-order valence-corrected chi connectivity index (χ1v) is 10.9. The van der Waals surface area contributed by atoms with E-state index in [1.165, 1.54) is 49.3 Å². The largest absolute Gasteiger partial charge is 0.352 e. The zero-order valence-corrected chi connectivity index (χ0v) is 16.2. The van der Waals surface area contributed by atoms with Crippen LogP contribution in [0.15, 0.2) is 17.3 Å². The van der Waals surface area contributed by atoms with Gasteiger partial charge in [-0.1, -0.05) is 12.8 Å². The molecule has 26 heavy (non-hydrogen) atoms. The zero-order valence-electron chi connectivity index (χ0n) is 15.4. The maximum atomic E-state index is 12.1. The molecule has 8 nitrogen and oxygen atoms in total. The first kappa shape index (κ1) is 19.3. The Morgan fingerprint density at radius 2 is 1.92 bits per heavy atom. The Bertz CT molecular complexity index is 704. The summed E-state index contributed by atoms with van der Waals surface area (Å²) >= 11 is 0. The van der Waals surface area contributed by atoms with Crippen molar-refractivity contribution in [2.45, 2.75) is 49.5 Å². The van der Waals surface area contributed by atoms with Crippen LogP contribution in [0.25, 0.3) is 0 Å². The molecule has 2 fully saturated rings. The maximum absolute atomic E-state index is 12.1. The van der Waals surface area contributed by atoms with Crippen LogP contribution in [-0.4, -0.2) is 61.2 Å². The lowest BCUT2D eigenvalue weighted by molar-refractivity contribution is -0.121. The Labute approximate surface area is 155 Å². The van der Waals surface area contributed by atoms with Crippen molar-refractivity contribution in [2.75, 3.05) is 26.2 Å². The van der Waals surface area contributed by atoms with E-state index in [1.807, 2.05) is 0 Å². The minimum Gasteiger partial charge on any atom is -0.352 e. The number of nitrogens with one attached hydrogen (secondary N) is 2. The number of hydrogen-bond acceptors (Lipinski definition) is 5. The second kappa shape index (κ2) is 8.49. The van der Waals surface area contributed by atoms with Gasteiger partial charge in [0.25, 0.3) is 0 Å². The van der Waals surface area contributed by atoms with Crippen LogP contribution < -0.4 is 10.0 Å². The maximum Gasteiger partial charge on any atom is 0.244 e. The number of amides is 1. The van der Waals surface area contributed by atoms with Crippen molar-refractivity contribution in [2.24, 2.45) is 13.0 Å². The van der Waals surface area contributed by atoms with Gasteiger partial charge in [-0.2, -0.15) is 5.10 Å². The Kier molecular flexibility index (Phi) is 6.31. The zero-order chi connectivity index (χ0) is 18.6. The Morgan fingerprint density at radius 1 is 1.23 bits per heavy atom. The molecule has 1 aromatic heterocycles. The van der Waals surface area contributed by atoms with Gasteiger partial charge in [0.2, 0.25) is 15.9 Å². The molecule has 1 saturated carbocycles. The summed E-state index contributed by atoms with van der Waals surface area (Å²) in [6, 6.07) is 0.130. The number of carbonyl (C=O) groups excluding carboxylic acids is 1. The van der Waals surface area contributed by atoms with Crippen molar-refractivity contribution in [3.8, 4) is 0 Å². The molecule has 1 aliphatic carbocycles. The van der Waals surface area contributed by atoms with Gasteiger partial charge in [-0.3, -0.25) is 9.48 Å². The van der Waals surface area contributed by atoms with Gasteiger partial charge in [0.15, 0.2) is 0 Å². The van der Waals surface area contributed by atoms with E-state index in [0.29, 0.717) is 0 Å². The molecule has 0 bridgehead atoms. The molecule has 0 atom stereocenters. The fourth-order valence-electron chi connectivity index (χ4n) is 3.88. The molecular formula is C17H29N5O3S. The summed E-state index contributed by atoms with van der Waals surface area (Å²) in [5.74, 6) is 0.565. The lowest BCUT2D eigenvalue weighted by Gasteiger charge is -2.33. The highest BCUT2D eigenvalue weighted by molar-refractivity contribution is 7.89. The summed E-state index contributed by atoms with van der Waals surface area (Å²) in [4.78, 5) is 14.6. The Morgan fingerprint density at radius 3 is 2.54 bits per heavy atom. The van der Waals surface area contributed by atoms with Crippen molar-refractivity contribution >= 4 is 15.9 Å². The predicted molar refractivity (Wildman–Crippen MR) is 98.0 cm³/mol. The third-order valence-corrected chi connectivity index (χ3v) is 6.71. The van der Waals surface area contributed by atoms with Gasteiger partial charge in [0.1, 0.15) is 4.90 Å². The molecule has 0 aromatic carbocycles. The summed E-state index contributed by atoms with van der Waals surface area (Å²) in [6.45, 7) is 2.94. The van der Waals surface area contributed by atoms with Crippen molar-refractivity contribution in [3.05, 3.63) is 12.4 Å². The number of aromatic nitrogens is 2. The van der Waals surface area contributed by atoms with Crippen molar-refractivity contribution in [1.29, 1.82) is 0 Å². The normalized spacial score (nSPS) is 20.5. The number of sulfonamides is 1. The van der Waals surface area contributed by atoms with Gasteiger partial charge in [0, 0.05) is 38.9 Å². The molecule has 1 saturated heterocycles. The number of hydrogen-bond donors (Lipinski definition) is 2. The molecular weight excluding hydrogens is 354 g/mol. The molecule has 1 aromatic rings. The Balaban J connectivity index is 1.37. The van der Waals surface area contributed by atoms with Crippen LogP contribution in [-0.2, 0) is 21.9 Å². The highest BCUT2D eigenvalue weighted by atomic mass is 32.2. The van der Waals surface area contributed by atoms with Crippen LogP contribution >= 0.6 is 0 Å². The van der Waals surface area contributed by atoms with Crippen LogP contribution in [0.1, 0.15) is 38.5 Å². The van der Waals surface area contributed by atoms with E-state index in [9.17, 15) is 13.2 Å². The van der Waals surface area contributed by atoms with Gasteiger partial charge < -0.3 is 10.2 Å². The van der Waals surface area contributed by atoms with Crippen LogP contribution in [0.2, 0.25) is 0 Å². The SMILES string of the molecule is Cn1cc(S(=O)(=O)NCC(=O)NC2CCN(CC3CCCC3)CC2)cn1. The fraction of sp³-hybridized carbons (Fsp3) is 0.765. The van der Waals surface area contributed by atoms with Crippen LogP contribution in [0.4, 0.5) is 0 Å². The van der Waals surface area contributed by atoms with Gasteiger partial charge >= 0.3 is 0 Å². The highest BCUT2D eigenvalue weighted by Crippen LogP contribution is 2.26. The third-order valence-electron chi connectivity index (χ3n) is 5.36. The average Bonchev–Trinajstić information content (AvgIpc) is 3.27. The van der Waals surface area contributed by atoms with Crippen molar-refractivity contribution in [3.63, 3.8) is 0 Å². The van der Waals surface area contributed by atoms with Crippen LogP contribution in [0, 0.1) is 5.92 Å². The number of nitrogens with zero attached hydrogens (tertiary/aromatic N) is 3. The summed E-state index contributed by atoms with van der Waals surface area (Å²) in [7, 11) is -2.06. The summed E-state index contributed by atoms with van der Waals surface area (Å²) in [5, 5.41) is 6.79. The van der Waals surface area contributed by atoms with E-state index < -0.39 is 10.0 Å². The molecule has 2 aliphatic rings. The predicted octanol–water partition coefficient (Wildman–Crippen LogP) is 0.469. The molecule has 3 rings (SSSR count). The molecule has 1 amide bonds. The number of likely N-dealkylation sites (tertiary alicyclic amines) is 1. The molecule has 0 radical (unpaired) electrons. The summed E-state index contributed by atoms with van der Waals surface area (Å²) in [6.07, 6.45) is 9.96. The molecule has 9 heteroatoms. The van der Waals surface area contributed by atoms with E-state index in [1.54, 1.807) is 7.05 Å². The second-order valence-electron chi connectivity index (χ2n) is 7.47. The smallest absolute Gasteiger partial charge is 0.244 e. The first-order valence-electron chi connectivity index (χ1n) is 9.42. The minimum absolute atomic E-state index is 0.0630. The van der Waals surface area contributed by atoms with Gasteiger partial charge in [-0.15, -0.1) is 0 Å². The minimum atomic E-state index is -3.70. The second-order valence-corrected chi connectivity index (χ2v) is 9.23. The molecule has 0 spiro atoms. The number of carbonyl (C=O) groups is 1. The lowest BCUT2D eigenvalue weighted by Crippen LogP contribution is -2.48. The monoisotopic (exact) mass is 383 g/mol. The fourth-order valence-corrected chi connectivity index (χ4v) is 4.84. The number of piperidine rings is 1. The highest BCUT2D eigenvalue weighted by Gasteiger charge is 2.25. The number of rotatable bonds is 7. The van der Waals surface area contributed by atoms with Crippen LogP contribution in [0.3, 0.4) is 0 Å². The lowest BCUT2D eigenvalue weighted by atomic mass is 10.0. The van der Waals surface area contributed by atoms with E-state index in [4.69, 9.17) is 0 Å². The van der Waals surface area contributed by atoms with E-state index in [2.05, 4.69) is 20.0 Å². The Hall–Kier alpha value is -1.45. The van der Waals surface area contributed by atoms with E-state index in [-0.39, 0.29) is 23.4 Å². The first-order chi connectivity index (χ1) is 12.4. The average molecular weight is 384 g/mol. The summed E-state index contributed by atoms with van der Waals surface area (Å²) < 4.78 is 27.9. The van der Waals surface area contributed by atoms with Gasteiger partial charge in [0.05, 0.1) is 12.7 Å². The van der Waals surface area contributed by atoms with Gasteiger partial charge in [-0.05, 0) is 31.6 Å². The molecule has 146 valence electrons. The van der Waals surface area contributed by atoms with E-state index in [0.717, 1.165) is 31.8 Å². The summed E-state index contributed by atoms with van der Waals surface area (Å²) in [5.41, 5.74) is 0.